The minimum atomic E-state index is -0.289. The molecule has 1 N–H and O–H groups in total. The lowest BCUT2D eigenvalue weighted by Crippen LogP contribution is -2.25. The van der Waals surface area contributed by atoms with Gasteiger partial charge in [-0.1, -0.05) is 54.6 Å². The summed E-state index contributed by atoms with van der Waals surface area (Å²) in [7, 11) is 0. The molecule has 32 heavy (non-hydrogen) atoms. The number of carbonyl (C=O) groups excluding carboxylic acids is 1. The van der Waals surface area contributed by atoms with E-state index in [4.69, 9.17) is 0 Å². The molecule has 1 amide bonds. The van der Waals surface area contributed by atoms with Crippen molar-refractivity contribution in [2.45, 2.75) is 27.7 Å². The summed E-state index contributed by atoms with van der Waals surface area (Å²) in [5.74, 6) is 0.0613. The fourth-order valence-electron chi connectivity index (χ4n) is 3.67. The maximum atomic E-state index is 13.3. The van der Waals surface area contributed by atoms with Crippen LogP contribution < -0.4 is 10.7 Å². The van der Waals surface area contributed by atoms with Gasteiger partial charge in [0.05, 0.1) is 11.3 Å². The molecule has 0 saturated carbocycles. The molecule has 1 aromatic heterocycles. The zero-order valence-corrected chi connectivity index (χ0v) is 18.6. The number of carbonyl (C=O) groups is 1. The van der Waals surface area contributed by atoms with Crippen molar-refractivity contribution in [1.29, 1.82) is 0 Å². The van der Waals surface area contributed by atoms with Crippen LogP contribution >= 0.6 is 0 Å². The second-order valence-electron chi connectivity index (χ2n) is 7.95. The number of hydrogen-bond acceptors (Lipinski definition) is 3. The molecule has 0 bridgehead atoms. The van der Waals surface area contributed by atoms with Crippen molar-refractivity contribution in [1.82, 2.24) is 9.78 Å². The van der Waals surface area contributed by atoms with Crippen molar-refractivity contribution >= 4 is 11.7 Å². The van der Waals surface area contributed by atoms with Crippen LogP contribution in [0.15, 0.2) is 77.6 Å². The van der Waals surface area contributed by atoms with Gasteiger partial charge in [-0.25, -0.2) is 4.68 Å². The minimum absolute atomic E-state index is 0.212. The fraction of sp³-hybridized carbons (Fsp3) is 0.148. The van der Waals surface area contributed by atoms with E-state index in [1.165, 1.54) is 0 Å². The second kappa shape index (κ2) is 8.63. The smallest absolute Gasteiger partial charge is 0.257 e. The summed E-state index contributed by atoms with van der Waals surface area (Å²) in [6, 6.07) is 22.7. The predicted molar refractivity (Wildman–Crippen MR) is 129 cm³/mol. The molecule has 3 aromatic carbocycles. The van der Waals surface area contributed by atoms with Gasteiger partial charge in [-0.3, -0.25) is 9.59 Å². The molecule has 5 nitrogen and oxygen atoms in total. The Kier molecular flexibility index (Phi) is 5.73. The van der Waals surface area contributed by atoms with Gasteiger partial charge in [-0.15, -0.1) is 0 Å². The first-order chi connectivity index (χ1) is 15.4. The molecule has 0 aliphatic heterocycles. The van der Waals surface area contributed by atoms with Crippen molar-refractivity contribution in [3.05, 3.63) is 111 Å². The number of aromatic nitrogens is 2. The fourth-order valence-corrected chi connectivity index (χ4v) is 3.67. The van der Waals surface area contributed by atoms with Gasteiger partial charge in [0.2, 0.25) is 5.43 Å². The van der Waals surface area contributed by atoms with Crippen molar-refractivity contribution in [3.63, 3.8) is 0 Å². The summed E-state index contributed by atoms with van der Waals surface area (Å²) in [5.41, 5.74) is 5.70. The molecule has 1 heterocycles. The van der Waals surface area contributed by atoms with Gasteiger partial charge in [0.25, 0.3) is 5.91 Å². The third-order valence-electron chi connectivity index (χ3n) is 5.67. The molecule has 5 heteroatoms. The van der Waals surface area contributed by atoms with E-state index < -0.39 is 0 Å². The third kappa shape index (κ3) is 3.97. The lowest BCUT2D eigenvalue weighted by molar-refractivity contribution is 0.102. The number of nitrogens with one attached hydrogen (secondary N) is 1. The predicted octanol–water partition coefficient (Wildman–Crippen LogP) is 5.39. The lowest BCUT2D eigenvalue weighted by atomic mass is 10.0. The molecule has 0 fully saturated rings. The van der Waals surface area contributed by atoms with E-state index in [9.17, 15) is 9.59 Å². The second-order valence-corrected chi connectivity index (χ2v) is 7.95. The van der Waals surface area contributed by atoms with Crippen LogP contribution in [-0.2, 0) is 0 Å². The van der Waals surface area contributed by atoms with E-state index in [0.717, 1.165) is 27.9 Å². The Hall–Kier alpha value is -3.99. The Morgan fingerprint density at radius 1 is 0.812 bits per heavy atom. The zero-order chi connectivity index (χ0) is 22.8. The van der Waals surface area contributed by atoms with Crippen molar-refractivity contribution in [2.24, 2.45) is 0 Å². The van der Waals surface area contributed by atoms with E-state index in [1.807, 2.05) is 87.5 Å². The summed E-state index contributed by atoms with van der Waals surface area (Å²) in [4.78, 5) is 26.5. The maximum Gasteiger partial charge on any atom is 0.257 e. The highest BCUT2D eigenvalue weighted by Gasteiger charge is 2.21. The van der Waals surface area contributed by atoms with Crippen LogP contribution in [0.25, 0.3) is 16.8 Å². The monoisotopic (exact) mass is 423 g/mol. The van der Waals surface area contributed by atoms with Gasteiger partial charge in [-0.05, 0) is 68.1 Å². The van der Waals surface area contributed by atoms with Gasteiger partial charge < -0.3 is 5.32 Å². The first-order valence-electron chi connectivity index (χ1n) is 10.5. The highest BCUT2D eigenvalue weighted by atomic mass is 16.2. The summed E-state index contributed by atoms with van der Waals surface area (Å²) < 4.78 is 1.65. The number of nitrogens with zero attached hydrogens (tertiary/aromatic N) is 2. The molecular weight excluding hydrogens is 398 g/mol. The van der Waals surface area contributed by atoms with E-state index in [0.29, 0.717) is 22.6 Å². The molecule has 0 atom stereocenters. The standard InChI is InChI=1S/C27H25N3O2/c1-17-14-15-22(16-19(17)3)30-26(28-27(32)23-13-9-8-10-18(23)2)24(25(31)20(4)29-30)21-11-6-5-7-12-21/h5-16H,1-4H3,(H,28,32). The maximum absolute atomic E-state index is 13.3. The van der Waals surface area contributed by atoms with E-state index in [2.05, 4.69) is 10.4 Å². The van der Waals surface area contributed by atoms with Crippen molar-refractivity contribution in [3.8, 4) is 16.8 Å². The van der Waals surface area contributed by atoms with Crippen molar-refractivity contribution in [2.75, 3.05) is 5.32 Å². The summed E-state index contributed by atoms with van der Waals surface area (Å²) in [5, 5.41) is 7.56. The number of hydrogen-bond donors (Lipinski definition) is 1. The summed E-state index contributed by atoms with van der Waals surface area (Å²) >= 11 is 0. The Bertz CT molecular complexity index is 1370. The van der Waals surface area contributed by atoms with Crippen LogP contribution in [0.3, 0.4) is 0 Å². The van der Waals surface area contributed by atoms with Crippen LogP contribution in [0.2, 0.25) is 0 Å². The van der Waals surface area contributed by atoms with Crippen LogP contribution in [0.1, 0.15) is 32.7 Å². The highest BCUT2D eigenvalue weighted by molar-refractivity contribution is 6.06. The van der Waals surface area contributed by atoms with Gasteiger partial charge in [0.15, 0.2) is 0 Å². The minimum Gasteiger partial charge on any atom is -0.306 e. The van der Waals surface area contributed by atoms with E-state index in [-0.39, 0.29) is 11.3 Å². The van der Waals surface area contributed by atoms with Gasteiger partial charge >= 0.3 is 0 Å². The third-order valence-corrected chi connectivity index (χ3v) is 5.67. The Balaban J connectivity index is 1.99. The topological polar surface area (TPSA) is 64.0 Å². The van der Waals surface area contributed by atoms with Crippen LogP contribution in [0.5, 0.6) is 0 Å². The molecule has 0 unspecified atom stereocenters. The van der Waals surface area contributed by atoms with Crippen molar-refractivity contribution < 1.29 is 4.79 Å². The molecular formula is C27H25N3O2. The molecule has 0 spiro atoms. The molecule has 160 valence electrons. The van der Waals surface area contributed by atoms with Crippen LogP contribution in [-0.4, -0.2) is 15.7 Å². The van der Waals surface area contributed by atoms with Gasteiger partial charge in [0.1, 0.15) is 11.5 Å². The quantitative estimate of drug-likeness (QED) is 0.479. The number of benzene rings is 3. The normalized spacial score (nSPS) is 10.8. The molecule has 4 rings (SSSR count). The van der Waals surface area contributed by atoms with E-state index >= 15 is 0 Å². The molecule has 0 radical (unpaired) electrons. The zero-order valence-electron chi connectivity index (χ0n) is 18.6. The largest absolute Gasteiger partial charge is 0.306 e. The molecule has 0 saturated heterocycles. The molecule has 0 aliphatic rings. The number of amides is 1. The lowest BCUT2D eigenvalue weighted by Gasteiger charge is -2.19. The number of anilines is 1. The average Bonchev–Trinajstić information content (AvgIpc) is 2.79. The first-order valence-corrected chi connectivity index (χ1v) is 10.5. The SMILES string of the molecule is Cc1ccc(-n2nc(C)c(=O)c(-c3ccccc3)c2NC(=O)c2ccccc2C)cc1C. The van der Waals surface area contributed by atoms with Crippen LogP contribution in [0, 0.1) is 27.7 Å². The number of rotatable bonds is 4. The molecule has 0 aliphatic carbocycles. The Morgan fingerprint density at radius 2 is 1.50 bits per heavy atom. The first kappa shape index (κ1) is 21.2. The Labute approximate surface area is 187 Å². The van der Waals surface area contributed by atoms with E-state index in [1.54, 1.807) is 17.7 Å². The highest BCUT2D eigenvalue weighted by Crippen LogP contribution is 2.28. The summed E-state index contributed by atoms with van der Waals surface area (Å²) in [6.45, 7) is 7.65. The van der Waals surface area contributed by atoms with Crippen LogP contribution in [0.4, 0.5) is 5.82 Å². The van der Waals surface area contributed by atoms with Gasteiger partial charge in [0, 0.05) is 5.56 Å². The molecule has 4 aromatic rings. The number of aryl methyl sites for hydroxylation is 4. The Morgan fingerprint density at radius 3 is 2.19 bits per heavy atom. The average molecular weight is 424 g/mol. The summed E-state index contributed by atoms with van der Waals surface area (Å²) in [6.07, 6.45) is 0. The van der Waals surface area contributed by atoms with Gasteiger partial charge in [-0.2, -0.15) is 5.10 Å².